The summed E-state index contributed by atoms with van der Waals surface area (Å²) in [6, 6.07) is 9.27. The Bertz CT molecular complexity index is 1010. The molecule has 0 fully saturated rings. The number of aryl methyl sites for hydroxylation is 2. The molecule has 0 aliphatic rings. The first kappa shape index (κ1) is 19.9. The standard InChI is InChI=1S/C22H26N2O4/c1-4-27-9-6-8-24(22(26)19-7-5-10-28-19)14-18-13-17-12-15(2)11-16(3)20(17)23-21(18)25/h5,7,10-13H,4,6,8-9,14H2,1-3H3,(H,23,25). The molecule has 28 heavy (non-hydrogen) atoms. The van der Waals surface area contributed by atoms with Crippen LogP contribution in [0.3, 0.4) is 0 Å². The number of H-pyrrole nitrogens is 1. The Morgan fingerprint density at radius 1 is 1.25 bits per heavy atom. The smallest absolute Gasteiger partial charge is 0.289 e. The lowest BCUT2D eigenvalue weighted by molar-refractivity contribution is 0.0680. The van der Waals surface area contributed by atoms with Gasteiger partial charge in [0.2, 0.25) is 0 Å². The Labute approximate surface area is 164 Å². The Hall–Kier alpha value is -2.86. The minimum absolute atomic E-state index is 0.179. The maximum Gasteiger partial charge on any atom is 0.289 e. The first-order chi connectivity index (χ1) is 13.5. The van der Waals surface area contributed by atoms with Crippen molar-refractivity contribution >= 4 is 16.8 Å². The van der Waals surface area contributed by atoms with E-state index in [-0.39, 0.29) is 23.8 Å². The first-order valence-corrected chi connectivity index (χ1v) is 9.53. The topological polar surface area (TPSA) is 75.5 Å². The van der Waals surface area contributed by atoms with Gasteiger partial charge in [0.05, 0.1) is 18.3 Å². The Kier molecular flexibility index (Phi) is 6.31. The molecule has 0 aliphatic carbocycles. The van der Waals surface area contributed by atoms with Crippen LogP contribution < -0.4 is 5.56 Å². The van der Waals surface area contributed by atoms with E-state index in [0.29, 0.717) is 31.7 Å². The minimum atomic E-state index is -0.235. The number of aromatic nitrogens is 1. The summed E-state index contributed by atoms with van der Waals surface area (Å²) in [5, 5.41) is 0.965. The van der Waals surface area contributed by atoms with Crippen LogP contribution in [-0.2, 0) is 11.3 Å². The van der Waals surface area contributed by atoms with Gasteiger partial charge in [-0.25, -0.2) is 0 Å². The number of carbonyl (C=O) groups excluding carboxylic acids is 1. The molecule has 0 bridgehead atoms. The second kappa shape index (κ2) is 8.89. The maximum absolute atomic E-state index is 12.8. The molecular formula is C22H26N2O4. The van der Waals surface area contributed by atoms with Crippen molar-refractivity contribution in [2.24, 2.45) is 0 Å². The lowest BCUT2D eigenvalue weighted by atomic mass is 10.1. The second-order valence-corrected chi connectivity index (χ2v) is 6.92. The van der Waals surface area contributed by atoms with Crippen molar-refractivity contribution in [2.75, 3.05) is 19.8 Å². The van der Waals surface area contributed by atoms with Crippen molar-refractivity contribution in [1.82, 2.24) is 9.88 Å². The summed E-state index contributed by atoms with van der Waals surface area (Å²) < 4.78 is 10.6. The highest BCUT2D eigenvalue weighted by molar-refractivity contribution is 5.91. The van der Waals surface area contributed by atoms with E-state index in [1.807, 2.05) is 39.0 Å². The van der Waals surface area contributed by atoms with Crippen LogP contribution in [0.4, 0.5) is 0 Å². The third kappa shape index (κ3) is 4.51. The van der Waals surface area contributed by atoms with Gasteiger partial charge in [0, 0.05) is 25.3 Å². The van der Waals surface area contributed by atoms with E-state index in [1.165, 1.54) is 6.26 Å². The average Bonchev–Trinajstić information content (AvgIpc) is 3.19. The Morgan fingerprint density at radius 3 is 2.79 bits per heavy atom. The highest BCUT2D eigenvalue weighted by atomic mass is 16.5. The second-order valence-electron chi connectivity index (χ2n) is 6.92. The third-order valence-corrected chi connectivity index (χ3v) is 4.67. The van der Waals surface area contributed by atoms with Crippen molar-refractivity contribution in [3.63, 3.8) is 0 Å². The number of nitrogens with one attached hydrogen (secondary N) is 1. The van der Waals surface area contributed by atoms with Crippen LogP contribution in [-0.4, -0.2) is 35.5 Å². The number of fused-ring (bicyclic) bond motifs is 1. The fourth-order valence-electron chi connectivity index (χ4n) is 3.37. The van der Waals surface area contributed by atoms with Crippen LogP contribution in [0.2, 0.25) is 0 Å². The first-order valence-electron chi connectivity index (χ1n) is 9.53. The average molecular weight is 382 g/mol. The van der Waals surface area contributed by atoms with Crippen molar-refractivity contribution in [3.05, 3.63) is 69.4 Å². The number of aromatic amines is 1. The molecule has 6 heteroatoms. The summed E-state index contributed by atoms with van der Waals surface area (Å²) >= 11 is 0. The molecule has 1 amide bonds. The van der Waals surface area contributed by atoms with Crippen LogP contribution in [0.25, 0.3) is 10.9 Å². The number of hydrogen-bond donors (Lipinski definition) is 1. The zero-order valence-electron chi connectivity index (χ0n) is 16.6. The monoisotopic (exact) mass is 382 g/mol. The predicted molar refractivity (Wildman–Crippen MR) is 109 cm³/mol. The van der Waals surface area contributed by atoms with Crippen LogP contribution in [0, 0.1) is 13.8 Å². The van der Waals surface area contributed by atoms with Gasteiger partial charge in [-0.1, -0.05) is 11.6 Å². The van der Waals surface area contributed by atoms with E-state index < -0.39 is 0 Å². The molecular weight excluding hydrogens is 356 g/mol. The van der Waals surface area contributed by atoms with Crippen LogP contribution in [0.1, 0.15) is 40.6 Å². The molecule has 0 saturated heterocycles. The van der Waals surface area contributed by atoms with E-state index >= 15 is 0 Å². The highest BCUT2D eigenvalue weighted by Gasteiger charge is 2.20. The van der Waals surface area contributed by atoms with Crippen LogP contribution in [0.15, 0.2) is 45.8 Å². The molecule has 1 aromatic carbocycles. The third-order valence-electron chi connectivity index (χ3n) is 4.67. The van der Waals surface area contributed by atoms with E-state index in [0.717, 1.165) is 22.0 Å². The van der Waals surface area contributed by atoms with E-state index in [2.05, 4.69) is 4.98 Å². The number of benzene rings is 1. The number of amides is 1. The van der Waals surface area contributed by atoms with E-state index in [9.17, 15) is 9.59 Å². The summed E-state index contributed by atoms with van der Waals surface area (Å²) in [5.41, 5.74) is 3.36. The van der Waals surface area contributed by atoms with Gasteiger partial charge in [-0.15, -0.1) is 0 Å². The maximum atomic E-state index is 12.8. The van der Waals surface area contributed by atoms with Gasteiger partial charge in [0.25, 0.3) is 11.5 Å². The summed E-state index contributed by atoms with van der Waals surface area (Å²) in [5.74, 6) is 0.0294. The summed E-state index contributed by atoms with van der Waals surface area (Å²) in [4.78, 5) is 30.1. The number of furan rings is 1. The molecule has 1 N–H and O–H groups in total. The normalized spacial score (nSPS) is 11.1. The van der Waals surface area contributed by atoms with Gasteiger partial charge < -0.3 is 19.0 Å². The number of nitrogens with zero attached hydrogens (tertiary/aromatic N) is 1. The molecule has 0 unspecified atom stereocenters. The van der Waals surface area contributed by atoms with E-state index in [4.69, 9.17) is 9.15 Å². The number of rotatable bonds is 8. The quantitative estimate of drug-likeness (QED) is 0.601. The number of carbonyl (C=O) groups is 1. The largest absolute Gasteiger partial charge is 0.459 e. The Morgan fingerprint density at radius 2 is 2.07 bits per heavy atom. The lowest BCUT2D eigenvalue weighted by Gasteiger charge is -2.22. The lowest BCUT2D eigenvalue weighted by Crippen LogP contribution is -2.34. The molecule has 0 atom stereocenters. The number of hydrogen-bond acceptors (Lipinski definition) is 4. The molecule has 3 rings (SSSR count). The molecule has 6 nitrogen and oxygen atoms in total. The van der Waals surface area contributed by atoms with Crippen molar-refractivity contribution in [1.29, 1.82) is 0 Å². The van der Waals surface area contributed by atoms with Crippen molar-refractivity contribution in [2.45, 2.75) is 33.7 Å². The molecule has 148 valence electrons. The molecule has 0 saturated carbocycles. The minimum Gasteiger partial charge on any atom is -0.459 e. The van der Waals surface area contributed by atoms with Gasteiger partial charge >= 0.3 is 0 Å². The molecule has 0 spiro atoms. The summed E-state index contributed by atoms with van der Waals surface area (Å²) in [6.45, 7) is 7.82. The Balaban J connectivity index is 1.89. The molecule has 0 aliphatic heterocycles. The fraction of sp³-hybridized carbons (Fsp3) is 0.364. The van der Waals surface area contributed by atoms with Gasteiger partial charge in [-0.2, -0.15) is 0 Å². The zero-order valence-corrected chi connectivity index (χ0v) is 16.6. The number of ether oxygens (including phenoxy) is 1. The van der Waals surface area contributed by atoms with Gasteiger partial charge in [-0.3, -0.25) is 9.59 Å². The van der Waals surface area contributed by atoms with Gasteiger partial charge in [0.1, 0.15) is 0 Å². The molecule has 2 aromatic heterocycles. The van der Waals surface area contributed by atoms with Crippen LogP contribution in [0.5, 0.6) is 0 Å². The molecule has 0 radical (unpaired) electrons. The predicted octanol–water partition coefficient (Wildman–Crippen LogP) is 3.81. The molecule has 3 aromatic rings. The fourth-order valence-corrected chi connectivity index (χ4v) is 3.37. The van der Waals surface area contributed by atoms with Crippen molar-refractivity contribution < 1.29 is 13.9 Å². The van der Waals surface area contributed by atoms with Gasteiger partial charge in [-0.05, 0) is 62.4 Å². The number of pyridine rings is 1. The van der Waals surface area contributed by atoms with Gasteiger partial charge in [0.15, 0.2) is 5.76 Å². The van der Waals surface area contributed by atoms with Crippen LogP contribution >= 0.6 is 0 Å². The summed E-state index contributed by atoms with van der Waals surface area (Å²) in [6.07, 6.45) is 2.16. The van der Waals surface area contributed by atoms with Crippen molar-refractivity contribution in [3.8, 4) is 0 Å². The summed E-state index contributed by atoms with van der Waals surface area (Å²) in [7, 11) is 0. The highest BCUT2D eigenvalue weighted by Crippen LogP contribution is 2.19. The SMILES string of the molecule is CCOCCCN(Cc1cc2cc(C)cc(C)c2[nH]c1=O)C(=O)c1ccco1. The zero-order chi connectivity index (χ0) is 20.1. The van der Waals surface area contributed by atoms with E-state index in [1.54, 1.807) is 17.0 Å². The molecule has 2 heterocycles.